The summed E-state index contributed by atoms with van der Waals surface area (Å²) in [5.41, 5.74) is 1.73. The van der Waals surface area contributed by atoms with E-state index in [1.54, 1.807) is 6.07 Å². The van der Waals surface area contributed by atoms with Gasteiger partial charge < -0.3 is 15.5 Å². The van der Waals surface area contributed by atoms with E-state index in [9.17, 15) is 15.0 Å². The lowest BCUT2D eigenvalue weighted by molar-refractivity contribution is -0.216. The number of hydrogen-bond acceptors (Lipinski definition) is 6. The molecule has 2 aromatic carbocycles. The largest absolute Gasteiger partial charge is 0.507 e. The van der Waals surface area contributed by atoms with Crippen molar-refractivity contribution in [1.29, 1.82) is 0 Å². The summed E-state index contributed by atoms with van der Waals surface area (Å²) >= 11 is 0. The molecule has 0 aliphatic heterocycles. The number of nitrogens with one attached hydrogen (secondary N) is 1. The van der Waals surface area contributed by atoms with Crippen LogP contribution in [0.4, 0.5) is 0 Å². The Hall–Kier alpha value is -2.41. The van der Waals surface area contributed by atoms with Crippen LogP contribution in [0.3, 0.4) is 0 Å². The highest BCUT2D eigenvalue weighted by Crippen LogP contribution is 2.23. The Kier molecular flexibility index (Phi) is 7.59. The van der Waals surface area contributed by atoms with Crippen LogP contribution in [0.1, 0.15) is 40.9 Å². The Labute approximate surface area is 153 Å². The first kappa shape index (κ1) is 19.9. The van der Waals surface area contributed by atoms with Gasteiger partial charge in [0.05, 0.1) is 13.2 Å². The first-order valence-electron chi connectivity index (χ1n) is 8.54. The van der Waals surface area contributed by atoms with Crippen LogP contribution in [-0.2, 0) is 16.2 Å². The quantitative estimate of drug-likeness (QED) is 0.471. The molecule has 2 unspecified atom stereocenters. The van der Waals surface area contributed by atoms with Gasteiger partial charge in [0.2, 0.25) is 0 Å². The summed E-state index contributed by atoms with van der Waals surface area (Å²) in [6, 6.07) is 14.8. The van der Waals surface area contributed by atoms with Crippen molar-refractivity contribution >= 4 is 5.97 Å². The van der Waals surface area contributed by atoms with Crippen LogP contribution in [0.25, 0.3) is 0 Å². The summed E-state index contributed by atoms with van der Waals surface area (Å²) in [6.07, 6.45) is 1.08. The number of benzene rings is 2. The molecule has 3 N–H and O–H groups in total. The zero-order chi connectivity index (χ0) is 18.9. The molecular weight excluding hydrogens is 334 g/mol. The lowest BCUT2D eigenvalue weighted by Crippen LogP contribution is -2.30. The summed E-state index contributed by atoms with van der Waals surface area (Å²) < 4.78 is 0. The SMILES string of the molecule is COOC(=O)c1cc(C(O)CNC(C)CCc2ccccc2)ccc1O. The van der Waals surface area contributed by atoms with Gasteiger partial charge in [0.25, 0.3) is 0 Å². The van der Waals surface area contributed by atoms with Gasteiger partial charge in [0, 0.05) is 12.6 Å². The molecule has 0 aliphatic carbocycles. The van der Waals surface area contributed by atoms with Gasteiger partial charge in [-0.15, -0.1) is 0 Å². The van der Waals surface area contributed by atoms with Crippen LogP contribution in [0.2, 0.25) is 0 Å². The van der Waals surface area contributed by atoms with Gasteiger partial charge in [-0.25, -0.2) is 4.79 Å². The fourth-order valence-corrected chi connectivity index (χ4v) is 2.61. The number of phenolic OH excluding ortho intramolecular Hbond substituents is 1. The highest BCUT2D eigenvalue weighted by molar-refractivity contribution is 5.92. The third-order valence-electron chi connectivity index (χ3n) is 4.15. The molecule has 0 saturated heterocycles. The third-order valence-corrected chi connectivity index (χ3v) is 4.15. The minimum atomic E-state index is -0.816. The van der Waals surface area contributed by atoms with Crippen LogP contribution in [0, 0.1) is 0 Å². The van der Waals surface area contributed by atoms with E-state index in [0.29, 0.717) is 12.1 Å². The molecule has 0 spiro atoms. The van der Waals surface area contributed by atoms with E-state index >= 15 is 0 Å². The fourth-order valence-electron chi connectivity index (χ4n) is 2.61. The molecule has 2 rings (SSSR count). The fraction of sp³-hybridized carbons (Fsp3) is 0.350. The number of aryl methyl sites for hydroxylation is 1. The maximum absolute atomic E-state index is 11.7. The second kappa shape index (κ2) is 9.91. The number of aromatic hydroxyl groups is 1. The van der Waals surface area contributed by atoms with Gasteiger partial charge in [-0.2, -0.15) is 4.89 Å². The molecule has 0 heterocycles. The van der Waals surface area contributed by atoms with Crippen LogP contribution in [0.15, 0.2) is 48.5 Å². The van der Waals surface area contributed by atoms with Gasteiger partial charge in [0.1, 0.15) is 11.3 Å². The number of phenols is 1. The van der Waals surface area contributed by atoms with E-state index in [1.165, 1.54) is 24.8 Å². The molecular formula is C20H25NO5. The van der Waals surface area contributed by atoms with E-state index in [4.69, 9.17) is 0 Å². The number of aliphatic hydroxyl groups excluding tert-OH is 1. The monoisotopic (exact) mass is 359 g/mol. The van der Waals surface area contributed by atoms with Gasteiger partial charge in [-0.3, -0.25) is 4.89 Å². The van der Waals surface area contributed by atoms with Crippen LogP contribution < -0.4 is 5.32 Å². The summed E-state index contributed by atoms with van der Waals surface area (Å²) in [5.74, 6) is -1.05. The van der Waals surface area contributed by atoms with E-state index < -0.39 is 12.1 Å². The number of carbonyl (C=O) groups is 1. The lowest BCUT2D eigenvalue weighted by Gasteiger charge is -2.18. The van der Waals surface area contributed by atoms with Crippen molar-refractivity contribution in [3.05, 3.63) is 65.2 Å². The van der Waals surface area contributed by atoms with Crippen LogP contribution in [0.5, 0.6) is 5.75 Å². The molecule has 140 valence electrons. The van der Waals surface area contributed by atoms with E-state index in [1.807, 2.05) is 18.2 Å². The van der Waals surface area contributed by atoms with Crippen molar-refractivity contribution in [2.75, 3.05) is 13.7 Å². The summed E-state index contributed by atoms with van der Waals surface area (Å²) in [4.78, 5) is 20.5. The van der Waals surface area contributed by atoms with Gasteiger partial charge in [0.15, 0.2) is 0 Å². The molecule has 0 fully saturated rings. The Morgan fingerprint density at radius 3 is 2.62 bits per heavy atom. The van der Waals surface area contributed by atoms with Crippen molar-refractivity contribution < 1.29 is 24.8 Å². The first-order chi connectivity index (χ1) is 12.5. The van der Waals surface area contributed by atoms with Gasteiger partial charge >= 0.3 is 5.97 Å². The Morgan fingerprint density at radius 2 is 1.92 bits per heavy atom. The van der Waals surface area contributed by atoms with E-state index in [2.05, 4.69) is 34.1 Å². The second-order valence-electron chi connectivity index (χ2n) is 6.16. The molecule has 0 bridgehead atoms. The molecule has 6 nitrogen and oxygen atoms in total. The molecule has 6 heteroatoms. The normalized spacial score (nSPS) is 13.2. The molecule has 2 atom stereocenters. The van der Waals surface area contributed by atoms with Crippen molar-refractivity contribution in [2.45, 2.75) is 31.9 Å². The zero-order valence-electron chi connectivity index (χ0n) is 15.0. The maximum atomic E-state index is 11.7. The minimum Gasteiger partial charge on any atom is -0.507 e. The van der Waals surface area contributed by atoms with Crippen LogP contribution in [-0.4, -0.2) is 35.9 Å². The molecule has 2 aromatic rings. The molecule has 0 amide bonds. The number of rotatable bonds is 9. The predicted molar refractivity (Wildman–Crippen MR) is 97.7 cm³/mol. The zero-order valence-corrected chi connectivity index (χ0v) is 15.0. The number of carbonyl (C=O) groups excluding carboxylic acids is 1. The molecule has 0 radical (unpaired) electrons. The Bertz CT molecular complexity index is 705. The highest BCUT2D eigenvalue weighted by atomic mass is 17.2. The summed E-state index contributed by atoms with van der Waals surface area (Å²) in [6.45, 7) is 2.40. The molecule has 0 aliphatic rings. The lowest BCUT2D eigenvalue weighted by atomic mass is 10.0. The van der Waals surface area contributed by atoms with Crippen LogP contribution >= 0.6 is 0 Å². The van der Waals surface area contributed by atoms with E-state index in [-0.39, 0.29) is 17.4 Å². The van der Waals surface area contributed by atoms with Gasteiger partial charge in [-0.05, 0) is 43.0 Å². The average molecular weight is 359 g/mol. The first-order valence-corrected chi connectivity index (χ1v) is 8.54. The molecule has 26 heavy (non-hydrogen) atoms. The topological polar surface area (TPSA) is 88.0 Å². The second-order valence-corrected chi connectivity index (χ2v) is 6.16. The number of hydrogen-bond donors (Lipinski definition) is 3. The minimum absolute atomic E-state index is 0.0551. The van der Waals surface area contributed by atoms with E-state index in [0.717, 1.165) is 12.8 Å². The molecule has 0 aromatic heterocycles. The third kappa shape index (κ3) is 5.84. The van der Waals surface area contributed by atoms with Crippen molar-refractivity contribution in [3.63, 3.8) is 0 Å². The molecule has 0 saturated carbocycles. The van der Waals surface area contributed by atoms with Gasteiger partial charge in [-0.1, -0.05) is 36.4 Å². The highest BCUT2D eigenvalue weighted by Gasteiger charge is 2.17. The Morgan fingerprint density at radius 1 is 1.19 bits per heavy atom. The van der Waals surface area contributed by atoms with Crippen molar-refractivity contribution in [2.24, 2.45) is 0 Å². The van der Waals surface area contributed by atoms with Crippen molar-refractivity contribution in [3.8, 4) is 5.75 Å². The Balaban J connectivity index is 1.87. The predicted octanol–water partition coefficient (Wildman–Crippen LogP) is 2.75. The number of aliphatic hydroxyl groups is 1. The van der Waals surface area contributed by atoms with Crippen molar-refractivity contribution in [1.82, 2.24) is 5.32 Å². The smallest absolute Gasteiger partial charge is 0.376 e. The summed E-state index contributed by atoms with van der Waals surface area (Å²) in [5, 5.41) is 23.4. The average Bonchev–Trinajstić information content (AvgIpc) is 2.65. The standard InChI is InChI=1S/C20H25NO5/c1-14(8-9-15-6-4-3-5-7-15)21-13-19(23)16-10-11-18(22)17(12-16)20(24)26-25-2/h3-7,10-12,14,19,21-23H,8-9,13H2,1-2H3. The maximum Gasteiger partial charge on any atom is 0.376 e. The summed E-state index contributed by atoms with van der Waals surface area (Å²) in [7, 11) is 1.20.